The van der Waals surface area contributed by atoms with Gasteiger partial charge in [-0.05, 0) is 67.3 Å². The van der Waals surface area contributed by atoms with Crippen LogP contribution in [0.3, 0.4) is 0 Å². The molecule has 4 rings (SSSR count). The van der Waals surface area contributed by atoms with E-state index in [9.17, 15) is 19.5 Å². The van der Waals surface area contributed by atoms with Crippen molar-refractivity contribution in [2.75, 3.05) is 26.8 Å². The maximum atomic E-state index is 14.4. The molecule has 1 aliphatic rings. The number of nitrogens with zero attached hydrogens (tertiary/aromatic N) is 1. The molecule has 1 unspecified atom stereocenters. The molecule has 1 fully saturated rings. The molecule has 264 valence electrons. The van der Waals surface area contributed by atoms with E-state index in [1.807, 2.05) is 98.8 Å². The second-order valence-electron chi connectivity index (χ2n) is 12.8. The van der Waals surface area contributed by atoms with Gasteiger partial charge >= 0.3 is 6.09 Å². The van der Waals surface area contributed by atoms with Crippen LogP contribution >= 0.6 is 0 Å². The molecule has 0 bridgehead atoms. The quantitative estimate of drug-likeness (QED) is 0.155. The molecule has 3 aromatic carbocycles. The lowest BCUT2D eigenvalue weighted by Crippen LogP contribution is -2.61. The van der Waals surface area contributed by atoms with Crippen LogP contribution in [0.2, 0.25) is 0 Å². The van der Waals surface area contributed by atoms with Crippen LogP contribution in [-0.2, 0) is 33.7 Å². The highest BCUT2D eigenvalue weighted by Gasteiger charge is 2.53. The van der Waals surface area contributed by atoms with Crippen LogP contribution in [0.1, 0.15) is 56.7 Å². The predicted molar refractivity (Wildman–Crippen MR) is 190 cm³/mol. The van der Waals surface area contributed by atoms with Gasteiger partial charge in [-0.2, -0.15) is 0 Å². The number of aliphatic hydroxyl groups excluding tert-OH is 1. The van der Waals surface area contributed by atoms with Gasteiger partial charge < -0.3 is 35.4 Å². The molecular weight excluding hydrogens is 620 g/mol. The van der Waals surface area contributed by atoms with Crippen molar-refractivity contribution in [2.24, 2.45) is 5.92 Å². The number of hydrogen-bond acceptors (Lipinski definition) is 7. The van der Waals surface area contributed by atoms with Crippen molar-refractivity contribution in [2.45, 2.75) is 83.1 Å². The summed E-state index contributed by atoms with van der Waals surface area (Å²) in [6.07, 6.45) is 0.784. The summed E-state index contributed by atoms with van der Waals surface area (Å²) in [6, 6.07) is 25.8. The topological polar surface area (TPSA) is 129 Å². The molecule has 0 aliphatic carbocycles. The first-order chi connectivity index (χ1) is 23.7. The lowest BCUT2D eigenvalue weighted by molar-refractivity contribution is -0.142. The molecule has 1 saturated heterocycles. The van der Waals surface area contributed by atoms with E-state index in [1.54, 1.807) is 18.9 Å². The fraction of sp³-hybridized carbons (Fsp3) is 0.462. The fourth-order valence-corrected chi connectivity index (χ4v) is 6.55. The molecular formula is C39H52N4O6. The van der Waals surface area contributed by atoms with E-state index in [0.29, 0.717) is 45.2 Å². The Labute approximate surface area is 290 Å². The first-order valence-electron chi connectivity index (χ1n) is 17.4. The average Bonchev–Trinajstić information content (AvgIpc) is 3.44. The number of rotatable bonds is 18. The smallest absolute Gasteiger partial charge is 0.407 e. The Hall–Kier alpha value is -4.41. The van der Waals surface area contributed by atoms with Crippen LogP contribution in [0.25, 0.3) is 0 Å². The standard InChI is InChI=1S/C39H52N4O6/c1-5-28(3)39(42-38(47)49-6-2)22-23-43(37(39)46)34(21-20-29-14-9-7-10-15-29)36(45)41-33(25-30-16-11-8-12-17-30)35(44)27-40-26-31-18-13-19-32(24-31)48-4/h7-19,24,28,33-35,40,44H,5-6,20-23,25-27H2,1-4H3,(H,41,45)(H,42,47)/t28-,33-,34+,35?,39-/m0/s1. The molecule has 49 heavy (non-hydrogen) atoms. The molecule has 4 N–H and O–H groups in total. The normalized spacial score (nSPS) is 18.3. The predicted octanol–water partition coefficient (Wildman–Crippen LogP) is 4.64. The largest absolute Gasteiger partial charge is 0.497 e. The Kier molecular flexibility index (Phi) is 14.0. The number of hydrogen-bond donors (Lipinski definition) is 4. The number of aliphatic hydroxyl groups is 1. The summed E-state index contributed by atoms with van der Waals surface area (Å²) in [7, 11) is 1.62. The molecule has 1 heterocycles. The monoisotopic (exact) mass is 672 g/mol. The fourth-order valence-electron chi connectivity index (χ4n) is 6.55. The van der Waals surface area contributed by atoms with Gasteiger partial charge in [0, 0.05) is 19.6 Å². The zero-order chi connectivity index (χ0) is 35.2. The van der Waals surface area contributed by atoms with Gasteiger partial charge in [0.05, 0.1) is 25.9 Å². The molecule has 3 aromatic rings. The Morgan fingerprint density at radius 2 is 1.63 bits per heavy atom. The van der Waals surface area contributed by atoms with Crippen LogP contribution in [0.15, 0.2) is 84.9 Å². The van der Waals surface area contributed by atoms with Gasteiger partial charge in [-0.1, -0.05) is 93.1 Å². The first-order valence-corrected chi connectivity index (χ1v) is 17.4. The van der Waals surface area contributed by atoms with Gasteiger partial charge in [-0.15, -0.1) is 0 Å². The summed E-state index contributed by atoms with van der Waals surface area (Å²) in [5.41, 5.74) is 1.84. The highest BCUT2D eigenvalue weighted by molar-refractivity contribution is 5.96. The Bertz CT molecular complexity index is 1490. The molecule has 5 atom stereocenters. The van der Waals surface area contributed by atoms with E-state index in [1.165, 1.54) is 0 Å². The number of methoxy groups -OCH3 is 1. The highest BCUT2D eigenvalue weighted by Crippen LogP contribution is 2.35. The zero-order valence-corrected chi connectivity index (χ0v) is 29.2. The van der Waals surface area contributed by atoms with Crippen LogP contribution in [-0.4, -0.2) is 78.4 Å². The summed E-state index contributed by atoms with van der Waals surface area (Å²) in [5, 5.41) is 20.8. The summed E-state index contributed by atoms with van der Waals surface area (Å²) in [4.78, 5) is 43.0. The Balaban J connectivity index is 1.57. The van der Waals surface area contributed by atoms with Gasteiger partial charge in [0.25, 0.3) is 0 Å². The number of alkyl carbamates (subject to hydrolysis) is 1. The van der Waals surface area contributed by atoms with Crippen molar-refractivity contribution in [1.82, 2.24) is 20.9 Å². The average molecular weight is 673 g/mol. The molecule has 0 spiro atoms. The van der Waals surface area contributed by atoms with Crippen LogP contribution in [0, 0.1) is 5.92 Å². The summed E-state index contributed by atoms with van der Waals surface area (Å²) in [5.74, 6) is -0.0613. The lowest BCUT2D eigenvalue weighted by Gasteiger charge is -2.36. The van der Waals surface area contributed by atoms with E-state index in [4.69, 9.17) is 9.47 Å². The number of carbonyl (C=O) groups is 3. The van der Waals surface area contributed by atoms with Crippen molar-refractivity contribution in [3.05, 3.63) is 102 Å². The Morgan fingerprint density at radius 3 is 2.29 bits per heavy atom. The number of likely N-dealkylation sites (tertiary alicyclic amines) is 1. The summed E-state index contributed by atoms with van der Waals surface area (Å²) >= 11 is 0. The molecule has 10 heteroatoms. The maximum absolute atomic E-state index is 14.4. The SMILES string of the molecule is CCOC(=O)N[C@]1([C@@H](C)CC)CCN([C@H](CCc2ccccc2)C(=O)N[C@@H](Cc2ccccc2)C(O)CNCc2cccc(OC)c2)C1=O. The van der Waals surface area contributed by atoms with E-state index < -0.39 is 29.8 Å². The summed E-state index contributed by atoms with van der Waals surface area (Å²) in [6.45, 7) is 6.86. The number of ether oxygens (including phenoxy) is 2. The number of nitrogens with one attached hydrogen (secondary N) is 3. The van der Waals surface area contributed by atoms with Gasteiger partial charge in [-0.3, -0.25) is 9.59 Å². The second kappa shape index (κ2) is 18.4. The molecule has 1 aliphatic heterocycles. The Morgan fingerprint density at radius 1 is 0.959 bits per heavy atom. The minimum Gasteiger partial charge on any atom is -0.497 e. The maximum Gasteiger partial charge on any atom is 0.407 e. The first kappa shape index (κ1) is 37.4. The van der Waals surface area contributed by atoms with Crippen molar-refractivity contribution in [3.8, 4) is 5.75 Å². The van der Waals surface area contributed by atoms with E-state index >= 15 is 0 Å². The number of benzene rings is 3. The van der Waals surface area contributed by atoms with Crippen molar-refractivity contribution in [1.29, 1.82) is 0 Å². The van der Waals surface area contributed by atoms with Gasteiger partial charge in [0.1, 0.15) is 17.3 Å². The molecule has 0 radical (unpaired) electrons. The van der Waals surface area contributed by atoms with Crippen LogP contribution in [0.4, 0.5) is 4.79 Å². The molecule has 0 saturated carbocycles. The summed E-state index contributed by atoms with van der Waals surface area (Å²) < 4.78 is 10.5. The lowest BCUT2D eigenvalue weighted by atomic mass is 9.82. The third-order valence-electron chi connectivity index (χ3n) is 9.58. The van der Waals surface area contributed by atoms with E-state index in [0.717, 1.165) is 22.4 Å². The number of aryl methyl sites for hydroxylation is 1. The number of carbonyl (C=O) groups excluding carboxylic acids is 3. The minimum absolute atomic E-state index is 0.182. The third-order valence-corrected chi connectivity index (χ3v) is 9.58. The minimum atomic E-state index is -1.18. The molecule has 10 nitrogen and oxygen atoms in total. The molecule has 0 aromatic heterocycles. The van der Waals surface area contributed by atoms with Crippen molar-refractivity contribution >= 4 is 17.9 Å². The van der Waals surface area contributed by atoms with Gasteiger partial charge in [0.2, 0.25) is 11.8 Å². The van der Waals surface area contributed by atoms with Gasteiger partial charge in [-0.25, -0.2) is 4.79 Å². The van der Waals surface area contributed by atoms with E-state index in [-0.39, 0.29) is 30.9 Å². The number of amides is 3. The van der Waals surface area contributed by atoms with Crippen LogP contribution < -0.4 is 20.7 Å². The molecule has 3 amide bonds. The highest BCUT2D eigenvalue weighted by atomic mass is 16.5. The second-order valence-corrected chi connectivity index (χ2v) is 12.8. The van der Waals surface area contributed by atoms with Crippen molar-refractivity contribution < 1.29 is 29.0 Å². The van der Waals surface area contributed by atoms with Crippen LogP contribution in [0.5, 0.6) is 5.75 Å². The third kappa shape index (κ3) is 10.1. The zero-order valence-electron chi connectivity index (χ0n) is 29.2. The van der Waals surface area contributed by atoms with Gasteiger partial charge in [0.15, 0.2) is 0 Å². The van der Waals surface area contributed by atoms with E-state index in [2.05, 4.69) is 16.0 Å². The van der Waals surface area contributed by atoms with Crippen molar-refractivity contribution in [3.63, 3.8) is 0 Å².